The summed E-state index contributed by atoms with van der Waals surface area (Å²) in [6.45, 7) is 0. The summed E-state index contributed by atoms with van der Waals surface area (Å²) in [6.07, 6.45) is 0. The molecule has 1 unspecified atom stereocenters. The van der Waals surface area contributed by atoms with E-state index in [0.29, 0.717) is 15.7 Å². The normalized spacial score (nSPS) is 11.7. The molecule has 5 heteroatoms. The molecule has 0 saturated carbocycles. The van der Waals surface area contributed by atoms with E-state index in [1.807, 2.05) is 24.3 Å². The Labute approximate surface area is 130 Å². The first kappa shape index (κ1) is 14.2. The van der Waals surface area contributed by atoms with Gasteiger partial charge >= 0.3 is 0 Å². The van der Waals surface area contributed by atoms with Crippen molar-refractivity contribution in [1.29, 1.82) is 5.26 Å². The topological polar surface area (TPSA) is 35.8 Å². The minimum Gasteiger partial charge on any atom is -0.365 e. The van der Waals surface area contributed by atoms with Gasteiger partial charge < -0.3 is 5.32 Å². The van der Waals surface area contributed by atoms with Crippen LogP contribution in [0.2, 0.25) is 10.0 Å². The Morgan fingerprint density at radius 2 is 1.89 bits per heavy atom. The van der Waals surface area contributed by atoms with E-state index in [9.17, 15) is 5.26 Å². The van der Waals surface area contributed by atoms with Crippen molar-refractivity contribution in [2.75, 3.05) is 5.32 Å². The molecule has 0 heterocycles. The molecular weight excluding hydrogens is 347 g/mol. The zero-order valence-corrected chi connectivity index (χ0v) is 12.8. The Bertz CT molecular complexity index is 638. The maximum Gasteiger partial charge on any atom is 0.141 e. The Morgan fingerprint density at radius 3 is 2.58 bits per heavy atom. The van der Waals surface area contributed by atoms with Gasteiger partial charge in [0.25, 0.3) is 0 Å². The molecule has 2 aromatic rings. The molecule has 0 fully saturated rings. The van der Waals surface area contributed by atoms with Crippen molar-refractivity contribution in [3.05, 3.63) is 62.5 Å². The number of nitrogens with zero attached hydrogens (tertiary/aromatic N) is 1. The Hall–Kier alpha value is -1.21. The summed E-state index contributed by atoms with van der Waals surface area (Å²) < 4.78 is 0.822. The molecule has 0 bridgehead atoms. The first-order valence-corrected chi connectivity index (χ1v) is 7.02. The molecule has 2 nitrogen and oxygen atoms in total. The number of para-hydroxylation sites is 1. The molecule has 0 spiro atoms. The van der Waals surface area contributed by atoms with E-state index < -0.39 is 6.04 Å². The fraction of sp³-hybridized carbons (Fsp3) is 0.0714. The largest absolute Gasteiger partial charge is 0.365 e. The third-order valence-electron chi connectivity index (χ3n) is 2.57. The number of halogens is 3. The summed E-state index contributed by atoms with van der Waals surface area (Å²) in [5, 5.41) is 13.6. The van der Waals surface area contributed by atoms with E-state index in [2.05, 4.69) is 27.3 Å². The van der Waals surface area contributed by atoms with E-state index in [4.69, 9.17) is 23.2 Å². The fourth-order valence-electron chi connectivity index (χ4n) is 1.65. The van der Waals surface area contributed by atoms with Crippen molar-refractivity contribution in [3.8, 4) is 6.07 Å². The average molecular weight is 356 g/mol. The number of anilines is 1. The molecule has 96 valence electrons. The van der Waals surface area contributed by atoms with Crippen LogP contribution in [0.15, 0.2) is 46.9 Å². The molecular formula is C14H9BrCl2N2. The monoisotopic (exact) mass is 354 g/mol. The molecule has 0 aromatic heterocycles. The SMILES string of the molecule is N#CC(Nc1ccccc1Cl)c1cc(Cl)ccc1Br. The van der Waals surface area contributed by atoms with E-state index in [0.717, 1.165) is 10.0 Å². The predicted octanol–water partition coefficient (Wildman–Crippen LogP) is 5.43. The Morgan fingerprint density at radius 1 is 1.16 bits per heavy atom. The van der Waals surface area contributed by atoms with E-state index in [1.165, 1.54) is 0 Å². The molecule has 2 aromatic carbocycles. The summed E-state index contributed by atoms with van der Waals surface area (Å²) >= 11 is 15.5. The van der Waals surface area contributed by atoms with E-state index >= 15 is 0 Å². The first-order valence-electron chi connectivity index (χ1n) is 5.47. The van der Waals surface area contributed by atoms with Crippen molar-refractivity contribution in [3.63, 3.8) is 0 Å². The minimum absolute atomic E-state index is 0.534. The summed E-state index contributed by atoms with van der Waals surface area (Å²) in [4.78, 5) is 0. The molecule has 0 radical (unpaired) electrons. The lowest BCUT2D eigenvalue weighted by molar-refractivity contribution is 0.990. The van der Waals surface area contributed by atoms with Gasteiger partial charge in [0.2, 0.25) is 0 Å². The highest BCUT2D eigenvalue weighted by Gasteiger charge is 2.15. The van der Waals surface area contributed by atoms with Gasteiger partial charge in [-0.3, -0.25) is 0 Å². The quantitative estimate of drug-likeness (QED) is 0.796. The van der Waals surface area contributed by atoms with Gasteiger partial charge in [-0.15, -0.1) is 0 Å². The van der Waals surface area contributed by atoms with Gasteiger partial charge in [-0.25, -0.2) is 0 Å². The third-order valence-corrected chi connectivity index (χ3v) is 3.86. The first-order chi connectivity index (χ1) is 9.11. The second kappa shape index (κ2) is 6.29. The molecule has 1 N–H and O–H groups in total. The van der Waals surface area contributed by atoms with Gasteiger partial charge in [-0.1, -0.05) is 51.3 Å². The number of nitrogens with one attached hydrogen (secondary N) is 1. The van der Waals surface area contributed by atoms with Crippen LogP contribution in [0.3, 0.4) is 0 Å². The summed E-state index contributed by atoms with van der Waals surface area (Å²) in [7, 11) is 0. The van der Waals surface area contributed by atoms with Crippen LogP contribution in [0, 0.1) is 11.3 Å². The highest BCUT2D eigenvalue weighted by Crippen LogP contribution is 2.31. The van der Waals surface area contributed by atoms with Crippen molar-refractivity contribution in [2.24, 2.45) is 0 Å². The minimum atomic E-state index is -0.534. The molecule has 0 aliphatic rings. The summed E-state index contributed by atoms with van der Waals surface area (Å²) in [6, 6.07) is 14.3. The van der Waals surface area contributed by atoms with Crippen molar-refractivity contribution < 1.29 is 0 Å². The number of benzene rings is 2. The van der Waals surface area contributed by atoms with Gasteiger partial charge in [0.1, 0.15) is 6.04 Å². The van der Waals surface area contributed by atoms with Gasteiger partial charge in [0.05, 0.1) is 16.8 Å². The third kappa shape index (κ3) is 3.42. The average Bonchev–Trinajstić information content (AvgIpc) is 2.41. The zero-order valence-electron chi connectivity index (χ0n) is 9.70. The highest BCUT2D eigenvalue weighted by molar-refractivity contribution is 9.10. The number of nitriles is 1. The van der Waals surface area contributed by atoms with Crippen LogP contribution < -0.4 is 5.32 Å². The van der Waals surface area contributed by atoms with E-state index in [1.54, 1.807) is 18.2 Å². The molecule has 1 atom stereocenters. The Balaban J connectivity index is 2.34. The van der Waals surface area contributed by atoms with Crippen LogP contribution in [0.4, 0.5) is 5.69 Å². The molecule has 2 rings (SSSR count). The number of hydrogen-bond donors (Lipinski definition) is 1. The fourth-order valence-corrected chi connectivity index (χ4v) is 2.50. The van der Waals surface area contributed by atoms with Crippen LogP contribution in [0.1, 0.15) is 11.6 Å². The Kier molecular flexibility index (Phi) is 4.71. The van der Waals surface area contributed by atoms with E-state index in [-0.39, 0.29) is 0 Å². The van der Waals surface area contributed by atoms with Crippen molar-refractivity contribution in [2.45, 2.75) is 6.04 Å². The molecule has 0 aliphatic heterocycles. The second-order valence-corrected chi connectivity index (χ2v) is 5.55. The maximum absolute atomic E-state index is 9.33. The van der Waals surface area contributed by atoms with Crippen LogP contribution in [0.5, 0.6) is 0 Å². The highest BCUT2D eigenvalue weighted by atomic mass is 79.9. The summed E-state index contributed by atoms with van der Waals surface area (Å²) in [5.74, 6) is 0. The maximum atomic E-state index is 9.33. The molecule has 0 saturated heterocycles. The lowest BCUT2D eigenvalue weighted by atomic mass is 10.1. The van der Waals surface area contributed by atoms with Crippen LogP contribution in [0.25, 0.3) is 0 Å². The van der Waals surface area contributed by atoms with Crippen LogP contribution >= 0.6 is 39.1 Å². The molecule has 0 aliphatic carbocycles. The molecule has 19 heavy (non-hydrogen) atoms. The van der Waals surface area contributed by atoms with Gasteiger partial charge in [-0.05, 0) is 30.3 Å². The second-order valence-electron chi connectivity index (χ2n) is 3.85. The smallest absolute Gasteiger partial charge is 0.141 e. The van der Waals surface area contributed by atoms with Crippen molar-refractivity contribution in [1.82, 2.24) is 0 Å². The molecule has 0 amide bonds. The predicted molar refractivity (Wildman–Crippen MR) is 82.6 cm³/mol. The van der Waals surface area contributed by atoms with Crippen LogP contribution in [-0.4, -0.2) is 0 Å². The van der Waals surface area contributed by atoms with Gasteiger partial charge in [0, 0.05) is 15.1 Å². The standard InChI is InChI=1S/C14H9BrCl2N2/c15-11-6-5-9(16)7-10(11)14(8-18)19-13-4-2-1-3-12(13)17/h1-7,14,19H. The lowest BCUT2D eigenvalue weighted by Gasteiger charge is -2.16. The van der Waals surface area contributed by atoms with Gasteiger partial charge in [0.15, 0.2) is 0 Å². The van der Waals surface area contributed by atoms with Gasteiger partial charge in [-0.2, -0.15) is 5.26 Å². The lowest BCUT2D eigenvalue weighted by Crippen LogP contribution is -2.09. The summed E-state index contributed by atoms with van der Waals surface area (Å²) in [5.41, 5.74) is 1.48. The number of rotatable bonds is 3. The zero-order chi connectivity index (χ0) is 13.8. The van der Waals surface area contributed by atoms with Crippen LogP contribution in [-0.2, 0) is 0 Å². The number of hydrogen-bond acceptors (Lipinski definition) is 2. The van der Waals surface area contributed by atoms with Crippen molar-refractivity contribution >= 4 is 44.8 Å².